The minimum Gasteiger partial charge on any atom is -0.496 e. The van der Waals surface area contributed by atoms with E-state index in [0.29, 0.717) is 16.7 Å². The molecule has 1 aromatic rings. The van der Waals surface area contributed by atoms with E-state index >= 15 is 0 Å². The molecule has 1 heterocycles. The van der Waals surface area contributed by atoms with Crippen molar-refractivity contribution in [1.82, 2.24) is 0 Å². The van der Waals surface area contributed by atoms with Crippen LogP contribution >= 0.6 is 0 Å². The molecule has 0 aromatic heterocycles. The van der Waals surface area contributed by atoms with Gasteiger partial charge in [0.1, 0.15) is 5.75 Å². The number of hydrogen-bond acceptors (Lipinski definition) is 3. The van der Waals surface area contributed by atoms with E-state index in [1.807, 2.05) is 18.2 Å². The van der Waals surface area contributed by atoms with Crippen LogP contribution < -0.4 is 9.64 Å². The van der Waals surface area contributed by atoms with Crippen LogP contribution in [0, 0.1) is 5.41 Å². The Balaban J connectivity index is 2.41. The van der Waals surface area contributed by atoms with Crippen molar-refractivity contribution in [2.45, 2.75) is 33.6 Å². The van der Waals surface area contributed by atoms with Crippen LogP contribution in [0.5, 0.6) is 5.75 Å². The number of benzene rings is 1. The Morgan fingerprint density at radius 2 is 2.11 bits per heavy atom. The monoisotopic (exact) mass is 261 g/mol. The van der Waals surface area contributed by atoms with Crippen molar-refractivity contribution in [3.63, 3.8) is 0 Å². The Kier molecular flexibility index (Phi) is 3.83. The van der Waals surface area contributed by atoms with E-state index in [1.165, 1.54) is 12.8 Å². The van der Waals surface area contributed by atoms with E-state index in [-0.39, 0.29) is 5.78 Å². The third-order valence-corrected chi connectivity index (χ3v) is 3.82. The predicted octanol–water partition coefficient (Wildman–Crippen LogP) is 3.52. The number of rotatable bonds is 3. The first kappa shape index (κ1) is 13.9. The maximum absolute atomic E-state index is 11.9. The lowest BCUT2D eigenvalue weighted by molar-refractivity contribution is 0.101. The molecule has 1 saturated heterocycles. The number of hydrogen-bond donors (Lipinski definition) is 0. The molecule has 3 nitrogen and oxygen atoms in total. The summed E-state index contributed by atoms with van der Waals surface area (Å²) >= 11 is 0. The maximum Gasteiger partial charge on any atom is 0.165 e. The molecule has 1 aliphatic rings. The van der Waals surface area contributed by atoms with E-state index in [2.05, 4.69) is 18.7 Å². The zero-order chi connectivity index (χ0) is 14.0. The van der Waals surface area contributed by atoms with E-state index in [0.717, 1.165) is 18.8 Å². The van der Waals surface area contributed by atoms with Crippen molar-refractivity contribution < 1.29 is 9.53 Å². The number of nitrogens with zero attached hydrogens (tertiary/aromatic N) is 1. The Labute approximate surface area is 115 Å². The lowest BCUT2D eigenvalue weighted by Crippen LogP contribution is -2.40. The van der Waals surface area contributed by atoms with E-state index in [9.17, 15) is 4.79 Å². The van der Waals surface area contributed by atoms with Crippen molar-refractivity contribution in [2.24, 2.45) is 5.41 Å². The number of Topliss-reactive ketones (excluding diaryl/α,β-unsaturated/α-hetero) is 1. The van der Waals surface area contributed by atoms with Crippen molar-refractivity contribution in [2.75, 3.05) is 25.1 Å². The van der Waals surface area contributed by atoms with Crippen molar-refractivity contribution >= 4 is 11.5 Å². The van der Waals surface area contributed by atoms with Crippen molar-refractivity contribution in [3.05, 3.63) is 23.8 Å². The van der Waals surface area contributed by atoms with Crippen LogP contribution in [0.4, 0.5) is 5.69 Å². The van der Waals surface area contributed by atoms with Gasteiger partial charge in [-0.2, -0.15) is 0 Å². The van der Waals surface area contributed by atoms with Gasteiger partial charge in [-0.1, -0.05) is 19.9 Å². The number of carbonyl (C=O) groups excluding carboxylic acids is 1. The number of anilines is 1. The summed E-state index contributed by atoms with van der Waals surface area (Å²) in [5.74, 6) is 0.740. The van der Waals surface area contributed by atoms with Crippen molar-refractivity contribution in [1.29, 1.82) is 0 Å². The minimum atomic E-state index is 0.0656. The summed E-state index contributed by atoms with van der Waals surface area (Å²) in [7, 11) is 1.62. The molecule has 19 heavy (non-hydrogen) atoms. The highest BCUT2D eigenvalue weighted by molar-refractivity contribution is 6.02. The van der Waals surface area contributed by atoms with Gasteiger partial charge in [0.05, 0.1) is 18.4 Å². The third-order valence-electron chi connectivity index (χ3n) is 3.82. The second-order valence-corrected chi connectivity index (χ2v) is 6.10. The van der Waals surface area contributed by atoms with Crippen LogP contribution in [0.1, 0.15) is 44.0 Å². The molecule has 0 atom stereocenters. The van der Waals surface area contributed by atoms with Gasteiger partial charge in [0.25, 0.3) is 0 Å². The van der Waals surface area contributed by atoms with E-state index in [4.69, 9.17) is 4.74 Å². The van der Waals surface area contributed by atoms with Crippen LogP contribution in [0.15, 0.2) is 18.2 Å². The van der Waals surface area contributed by atoms with Gasteiger partial charge in [-0.15, -0.1) is 0 Å². The average molecular weight is 261 g/mol. The zero-order valence-electron chi connectivity index (χ0n) is 12.3. The molecular weight excluding hydrogens is 238 g/mol. The number of methoxy groups -OCH3 is 1. The van der Waals surface area contributed by atoms with Gasteiger partial charge in [0.2, 0.25) is 0 Å². The SMILES string of the molecule is COc1cccc(N2CCCC(C)(C)C2)c1C(C)=O. The summed E-state index contributed by atoms with van der Waals surface area (Å²) in [6.07, 6.45) is 2.41. The average Bonchev–Trinajstić information content (AvgIpc) is 2.36. The summed E-state index contributed by atoms with van der Waals surface area (Å²) in [5.41, 5.74) is 2.03. The highest BCUT2D eigenvalue weighted by atomic mass is 16.5. The molecule has 3 heteroatoms. The van der Waals surface area contributed by atoms with Crippen molar-refractivity contribution in [3.8, 4) is 5.75 Å². The minimum absolute atomic E-state index is 0.0656. The second-order valence-electron chi connectivity index (χ2n) is 6.10. The first-order valence-corrected chi connectivity index (χ1v) is 6.87. The van der Waals surface area contributed by atoms with E-state index < -0.39 is 0 Å². The fourth-order valence-corrected chi connectivity index (χ4v) is 2.94. The van der Waals surface area contributed by atoms with Crippen LogP contribution in [0.25, 0.3) is 0 Å². The molecule has 104 valence electrons. The summed E-state index contributed by atoms with van der Waals surface area (Å²) in [4.78, 5) is 14.3. The molecule has 0 bridgehead atoms. The lowest BCUT2D eigenvalue weighted by atomic mass is 9.83. The molecule has 0 amide bonds. The first-order chi connectivity index (χ1) is 8.94. The lowest BCUT2D eigenvalue weighted by Gasteiger charge is -2.40. The fraction of sp³-hybridized carbons (Fsp3) is 0.562. The Morgan fingerprint density at radius 3 is 2.68 bits per heavy atom. The molecule has 1 aromatic carbocycles. The number of piperidine rings is 1. The van der Waals surface area contributed by atoms with Gasteiger partial charge in [-0.25, -0.2) is 0 Å². The highest BCUT2D eigenvalue weighted by Gasteiger charge is 2.28. The number of carbonyl (C=O) groups is 1. The molecule has 0 unspecified atom stereocenters. The van der Waals surface area contributed by atoms with Gasteiger partial charge in [0.15, 0.2) is 5.78 Å². The first-order valence-electron chi connectivity index (χ1n) is 6.87. The topological polar surface area (TPSA) is 29.5 Å². The fourth-order valence-electron chi connectivity index (χ4n) is 2.94. The number of ether oxygens (including phenoxy) is 1. The summed E-state index contributed by atoms with van der Waals surface area (Å²) < 4.78 is 5.34. The predicted molar refractivity (Wildman–Crippen MR) is 78.2 cm³/mol. The molecule has 0 N–H and O–H groups in total. The molecule has 0 spiro atoms. The van der Waals surface area contributed by atoms with E-state index in [1.54, 1.807) is 14.0 Å². The molecule has 1 fully saturated rings. The standard InChI is InChI=1S/C16H23NO2/c1-12(18)15-13(7-5-8-14(15)19-4)17-10-6-9-16(2,3)11-17/h5,7-8H,6,9-11H2,1-4H3. The zero-order valence-corrected chi connectivity index (χ0v) is 12.3. The van der Waals surface area contributed by atoms with Crippen LogP contribution in [-0.2, 0) is 0 Å². The van der Waals surface area contributed by atoms with Gasteiger partial charge in [0, 0.05) is 13.1 Å². The molecular formula is C16H23NO2. The summed E-state index contributed by atoms with van der Waals surface area (Å²) in [6.45, 7) is 8.17. The Morgan fingerprint density at radius 1 is 1.37 bits per heavy atom. The second kappa shape index (κ2) is 5.24. The van der Waals surface area contributed by atoms with Gasteiger partial charge < -0.3 is 9.64 Å². The molecule has 0 saturated carbocycles. The Bertz CT molecular complexity index is 480. The van der Waals surface area contributed by atoms with Gasteiger partial charge in [-0.05, 0) is 37.3 Å². The highest BCUT2D eigenvalue weighted by Crippen LogP contribution is 2.36. The van der Waals surface area contributed by atoms with Crippen LogP contribution in [-0.4, -0.2) is 26.0 Å². The largest absolute Gasteiger partial charge is 0.496 e. The molecule has 1 aliphatic heterocycles. The van der Waals surface area contributed by atoms with Crippen LogP contribution in [0.2, 0.25) is 0 Å². The van der Waals surface area contributed by atoms with Gasteiger partial charge in [-0.3, -0.25) is 4.79 Å². The summed E-state index contributed by atoms with van der Waals surface area (Å²) in [6, 6.07) is 5.85. The number of ketones is 1. The van der Waals surface area contributed by atoms with Gasteiger partial charge >= 0.3 is 0 Å². The van der Waals surface area contributed by atoms with Crippen LogP contribution in [0.3, 0.4) is 0 Å². The molecule has 0 radical (unpaired) electrons. The normalized spacial score (nSPS) is 18.2. The summed E-state index contributed by atoms with van der Waals surface area (Å²) in [5, 5.41) is 0. The Hall–Kier alpha value is -1.51. The quantitative estimate of drug-likeness (QED) is 0.780. The third kappa shape index (κ3) is 2.91. The molecule has 0 aliphatic carbocycles. The molecule has 2 rings (SSSR count). The smallest absolute Gasteiger partial charge is 0.165 e. The maximum atomic E-state index is 11.9.